The average molecular weight is 330 g/mol. The third kappa shape index (κ3) is 5.16. The number of rotatable bonds is 8. The normalized spacial score (nSPS) is 12.4. The zero-order valence-electron chi connectivity index (χ0n) is 14.5. The highest BCUT2D eigenvalue weighted by Gasteiger charge is 2.14. The van der Waals surface area contributed by atoms with Gasteiger partial charge in [-0.05, 0) is 43.7 Å². The molecule has 0 radical (unpaired) electrons. The van der Waals surface area contributed by atoms with Crippen LogP contribution in [0.3, 0.4) is 0 Å². The summed E-state index contributed by atoms with van der Waals surface area (Å²) in [5.74, 6) is 2.03. The number of aliphatic hydroxyl groups is 1. The molecule has 0 aliphatic heterocycles. The Morgan fingerprint density at radius 2 is 2.17 bits per heavy atom. The Hall–Kier alpha value is -2.21. The van der Waals surface area contributed by atoms with Crippen molar-refractivity contribution < 1.29 is 9.90 Å². The summed E-state index contributed by atoms with van der Waals surface area (Å²) in [6, 6.07) is 7.28. The van der Waals surface area contributed by atoms with E-state index in [-0.39, 0.29) is 18.4 Å². The number of carbonyl (C=O) groups excluding carboxylic acids is 1. The van der Waals surface area contributed by atoms with E-state index in [2.05, 4.69) is 34.3 Å². The van der Waals surface area contributed by atoms with Crippen LogP contribution >= 0.6 is 0 Å². The predicted molar refractivity (Wildman–Crippen MR) is 93.5 cm³/mol. The standard InChI is InChI=1S/C18H26N4O2/c1-12(2)9-14(7-8-23)11-19-18(24)16-6-4-5-15(10-16)17-20-13(3)21-22-17/h4-6,10,12,14,23H,7-9,11H2,1-3H3,(H,19,24)(H,20,21,22). The van der Waals surface area contributed by atoms with Crippen molar-refractivity contribution in [3.8, 4) is 11.4 Å². The molecule has 1 atom stereocenters. The fourth-order valence-electron chi connectivity index (χ4n) is 2.76. The van der Waals surface area contributed by atoms with Gasteiger partial charge in [-0.1, -0.05) is 26.0 Å². The van der Waals surface area contributed by atoms with Gasteiger partial charge < -0.3 is 10.4 Å². The fourth-order valence-corrected chi connectivity index (χ4v) is 2.76. The van der Waals surface area contributed by atoms with E-state index in [0.29, 0.717) is 30.3 Å². The lowest BCUT2D eigenvalue weighted by atomic mass is 9.94. The van der Waals surface area contributed by atoms with Gasteiger partial charge >= 0.3 is 0 Å². The molecule has 2 aromatic rings. The van der Waals surface area contributed by atoms with Crippen LogP contribution in [0.15, 0.2) is 24.3 Å². The number of aromatic nitrogens is 3. The first-order chi connectivity index (χ1) is 11.5. The molecule has 0 saturated heterocycles. The first kappa shape index (κ1) is 18.1. The Kier molecular flexibility index (Phi) is 6.49. The van der Waals surface area contributed by atoms with E-state index in [9.17, 15) is 4.79 Å². The van der Waals surface area contributed by atoms with Crippen LogP contribution in [0.25, 0.3) is 11.4 Å². The second-order valence-electron chi connectivity index (χ2n) is 6.54. The number of hydrogen-bond acceptors (Lipinski definition) is 4. The average Bonchev–Trinajstić information content (AvgIpc) is 2.99. The van der Waals surface area contributed by atoms with Gasteiger partial charge in [0.1, 0.15) is 5.82 Å². The Labute approximate surface area is 142 Å². The van der Waals surface area contributed by atoms with E-state index in [1.165, 1.54) is 0 Å². The number of hydrogen-bond donors (Lipinski definition) is 3. The van der Waals surface area contributed by atoms with Crippen molar-refractivity contribution in [2.24, 2.45) is 11.8 Å². The number of nitrogens with zero attached hydrogens (tertiary/aromatic N) is 2. The van der Waals surface area contributed by atoms with Crippen LogP contribution in [0.5, 0.6) is 0 Å². The van der Waals surface area contributed by atoms with Crippen molar-refractivity contribution in [2.75, 3.05) is 13.2 Å². The van der Waals surface area contributed by atoms with E-state index in [1.807, 2.05) is 19.1 Å². The number of nitrogens with one attached hydrogen (secondary N) is 2. The van der Waals surface area contributed by atoms with Gasteiger partial charge in [0.2, 0.25) is 0 Å². The molecule has 6 heteroatoms. The van der Waals surface area contributed by atoms with Crippen LogP contribution in [0, 0.1) is 18.8 Å². The van der Waals surface area contributed by atoms with Gasteiger partial charge in [0.05, 0.1) is 0 Å². The molecule has 0 aliphatic carbocycles. The Morgan fingerprint density at radius 3 is 2.79 bits per heavy atom. The molecule has 0 spiro atoms. The number of benzene rings is 1. The molecule has 0 aliphatic rings. The molecule has 0 fully saturated rings. The van der Waals surface area contributed by atoms with Gasteiger partial charge in [-0.3, -0.25) is 9.89 Å². The molecule has 2 rings (SSSR count). The lowest BCUT2D eigenvalue weighted by Gasteiger charge is -2.18. The van der Waals surface area contributed by atoms with E-state index in [1.54, 1.807) is 12.1 Å². The minimum atomic E-state index is -0.115. The highest BCUT2D eigenvalue weighted by atomic mass is 16.3. The highest BCUT2D eigenvalue weighted by Crippen LogP contribution is 2.17. The molecule has 1 heterocycles. The van der Waals surface area contributed by atoms with Crippen molar-refractivity contribution in [2.45, 2.75) is 33.6 Å². The summed E-state index contributed by atoms with van der Waals surface area (Å²) in [5, 5.41) is 19.1. The molecule has 1 aromatic carbocycles. The van der Waals surface area contributed by atoms with Gasteiger partial charge in [-0.2, -0.15) is 5.10 Å². The number of aliphatic hydroxyl groups excluding tert-OH is 1. The van der Waals surface area contributed by atoms with Crippen LogP contribution in [-0.2, 0) is 0 Å². The number of aryl methyl sites for hydroxylation is 1. The summed E-state index contributed by atoms with van der Waals surface area (Å²) in [5.41, 5.74) is 1.39. The lowest BCUT2D eigenvalue weighted by molar-refractivity contribution is 0.0941. The topological polar surface area (TPSA) is 90.9 Å². The van der Waals surface area contributed by atoms with Gasteiger partial charge in [0.15, 0.2) is 5.82 Å². The number of aromatic amines is 1. The molecule has 3 N–H and O–H groups in total. The lowest BCUT2D eigenvalue weighted by Crippen LogP contribution is -2.30. The van der Waals surface area contributed by atoms with Gasteiger partial charge in [-0.25, -0.2) is 4.98 Å². The third-order valence-corrected chi connectivity index (χ3v) is 3.87. The van der Waals surface area contributed by atoms with Crippen LogP contribution in [0.4, 0.5) is 0 Å². The van der Waals surface area contributed by atoms with E-state index in [0.717, 1.165) is 17.8 Å². The molecular weight excluding hydrogens is 304 g/mol. The van der Waals surface area contributed by atoms with Crippen molar-refractivity contribution in [3.05, 3.63) is 35.7 Å². The maximum absolute atomic E-state index is 12.4. The van der Waals surface area contributed by atoms with Crippen molar-refractivity contribution in [1.29, 1.82) is 0 Å². The molecule has 1 unspecified atom stereocenters. The summed E-state index contributed by atoms with van der Waals surface area (Å²) in [6.07, 6.45) is 1.69. The minimum absolute atomic E-state index is 0.115. The Balaban J connectivity index is 2.01. The smallest absolute Gasteiger partial charge is 0.251 e. The van der Waals surface area contributed by atoms with Crippen molar-refractivity contribution in [3.63, 3.8) is 0 Å². The first-order valence-electron chi connectivity index (χ1n) is 8.38. The summed E-state index contributed by atoms with van der Waals surface area (Å²) >= 11 is 0. The largest absolute Gasteiger partial charge is 0.396 e. The maximum atomic E-state index is 12.4. The van der Waals surface area contributed by atoms with Crippen molar-refractivity contribution >= 4 is 5.91 Å². The molecule has 130 valence electrons. The molecule has 24 heavy (non-hydrogen) atoms. The van der Waals surface area contributed by atoms with Gasteiger partial charge in [-0.15, -0.1) is 0 Å². The van der Waals surface area contributed by atoms with Crippen LogP contribution < -0.4 is 5.32 Å². The predicted octanol–water partition coefficient (Wildman–Crippen LogP) is 2.55. The maximum Gasteiger partial charge on any atom is 0.251 e. The SMILES string of the molecule is Cc1nc(-c2cccc(C(=O)NCC(CCO)CC(C)C)c2)n[nH]1. The zero-order valence-corrected chi connectivity index (χ0v) is 14.5. The summed E-state index contributed by atoms with van der Waals surface area (Å²) in [7, 11) is 0. The molecule has 1 amide bonds. The van der Waals surface area contributed by atoms with Crippen LogP contribution in [0.2, 0.25) is 0 Å². The Morgan fingerprint density at radius 1 is 1.38 bits per heavy atom. The summed E-state index contributed by atoms with van der Waals surface area (Å²) in [6.45, 7) is 6.85. The van der Waals surface area contributed by atoms with Gasteiger partial charge in [0.25, 0.3) is 5.91 Å². The van der Waals surface area contributed by atoms with Crippen LogP contribution in [-0.4, -0.2) is 39.3 Å². The highest BCUT2D eigenvalue weighted by molar-refractivity contribution is 5.95. The molecule has 0 saturated carbocycles. The van der Waals surface area contributed by atoms with E-state index in [4.69, 9.17) is 5.11 Å². The van der Waals surface area contributed by atoms with Crippen molar-refractivity contribution in [1.82, 2.24) is 20.5 Å². The number of carbonyl (C=O) groups is 1. The monoisotopic (exact) mass is 330 g/mol. The summed E-state index contributed by atoms with van der Waals surface area (Å²) < 4.78 is 0. The molecule has 0 bridgehead atoms. The van der Waals surface area contributed by atoms with Gasteiger partial charge in [0, 0.05) is 24.3 Å². The van der Waals surface area contributed by atoms with Crippen LogP contribution in [0.1, 0.15) is 42.9 Å². The van der Waals surface area contributed by atoms with E-state index >= 15 is 0 Å². The molecular formula is C18H26N4O2. The summed E-state index contributed by atoms with van der Waals surface area (Å²) in [4.78, 5) is 16.7. The second kappa shape index (κ2) is 8.59. The fraction of sp³-hybridized carbons (Fsp3) is 0.500. The number of H-pyrrole nitrogens is 1. The minimum Gasteiger partial charge on any atom is -0.396 e. The van der Waals surface area contributed by atoms with E-state index < -0.39 is 0 Å². The quantitative estimate of drug-likeness (QED) is 0.694. The molecule has 6 nitrogen and oxygen atoms in total. The Bertz CT molecular complexity index is 667. The molecule has 1 aromatic heterocycles. The third-order valence-electron chi connectivity index (χ3n) is 3.87. The second-order valence-corrected chi connectivity index (χ2v) is 6.54. The number of amides is 1. The zero-order chi connectivity index (χ0) is 17.5. The first-order valence-corrected chi connectivity index (χ1v) is 8.38.